The molecule has 0 spiro atoms. The molecule has 0 aromatic heterocycles. The van der Waals surface area contributed by atoms with Crippen LogP contribution in [-0.2, 0) is 4.79 Å². The molecule has 28 heavy (non-hydrogen) atoms. The topological polar surface area (TPSA) is 78.4 Å². The van der Waals surface area contributed by atoms with Gasteiger partial charge in [0, 0.05) is 11.6 Å². The van der Waals surface area contributed by atoms with Crippen molar-refractivity contribution in [3.63, 3.8) is 0 Å². The van der Waals surface area contributed by atoms with Gasteiger partial charge in [-0.05, 0) is 54.4 Å². The van der Waals surface area contributed by atoms with Gasteiger partial charge in [0.15, 0.2) is 0 Å². The number of hydrogen-bond donors (Lipinski definition) is 3. The molecular formula is C23H26N2O3. The zero-order chi connectivity index (χ0) is 19.5. The van der Waals surface area contributed by atoms with Crippen molar-refractivity contribution in [1.29, 1.82) is 0 Å². The molecule has 0 aliphatic heterocycles. The van der Waals surface area contributed by atoms with Crippen LogP contribution in [0.4, 0.5) is 0 Å². The first-order valence-electron chi connectivity index (χ1n) is 10.0. The summed E-state index contributed by atoms with van der Waals surface area (Å²) in [6.07, 6.45) is 4.63. The van der Waals surface area contributed by atoms with E-state index >= 15 is 0 Å². The fourth-order valence-corrected chi connectivity index (χ4v) is 4.59. The first-order chi connectivity index (χ1) is 13.6. The van der Waals surface area contributed by atoms with Crippen LogP contribution in [0, 0.1) is 11.8 Å². The van der Waals surface area contributed by atoms with E-state index in [1.54, 1.807) is 12.1 Å². The third-order valence-electron chi connectivity index (χ3n) is 6.12. The van der Waals surface area contributed by atoms with Crippen LogP contribution in [0.15, 0.2) is 54.6 Å². The largest absolute Gasteiger partial charge is 0.394 e. The van der Waals surface area contributed by atoms with Crippen LogP contribution in [0.5, 0.6) is 0 Å². The Morgan fingerprint density at radius 3 is 2.29 bits per heavy atom. The maximum Gasteiger partial charge on any atom is 0.251 e. The molecule has 2 amide bonds. The Bertz CT molecular complexity index is 835. The second-order valence-corrected chi connectivity index (χ2v) is 7.94. The standard InChI is InChI=1S/C23H26N2O3/c26-14-21(23(28)24-20-13-15-6-7-19(20)12-15)25-22(27)18-10-8-17(9-11-18)16-4-2-1-3-5-16/h1-5,8-11,15,19-21,26H,6-7,12-14H2,(H,24,28)(H,25,27). The second kappa shape index (κ2) is 8.15. The number of carbonyl (C=O) groups is 2. The van der Waals surface area contributed by atoms with Gasteiger partial charge in [-0.25, -0.2) is 0 Å². The number of benzene rings is 2. The molecule has 2 aromatic rings. The smallest absolute Gasteiger partial charge is 0.251 e. The highest BCUT2D eigenvalue weighted by molar-refractivity contribution is 5.98. The molecule has 2 saturated carbocycles. The van der Waals surface area contributed by atoms with Gasteiger partial charge in [0.05, 0.1) is 6.61 Å². The Balaban J connectivity index is 1.36. The highest BCUT2D eigenvalue weighted by Crippen LogP contribution is 2.44. The van der Waals surface area contributed by atoms with Crippen molar-refractivity contribution < 1.29 is 14.7 Å². The molecule has 0 heterocycles. The zero-order valence-electron chi connectivity index (χ0n) is 15.8. The Kier molecular flexibility index (Phi) is 5.44. The molecule has 4 unspecified atom stereocenters. The fraction of sp³-hybridized carbons (Fsp3) is 0.391. The maximum atomic E-state index is 12.5. The van der Waals surface area contributed by atoms with Crippen molar-refractivity contribution in [2.24, 2.45) is 11.8 Å². The summed E-state index contributed by atoms with van der Waals surface area (Å²) in [7, 11) is 0. The first kappa shape index (κ1) is 18.7. The summed E-state index contributed by atoms with van der Waals surface area (Å²) in [5.74, 6) is 0.617. The molecule has 0 saturated heterocycles. The molecule has 5 heteroatoms. The first-order valence-corrected chi connectivity index (χ1v) is 10.0. The van der Waals surface area contributed by atoms with Gasteiger partial charge >= 0.3 is 0 Å². The van der Waals surface area contributed by atoms with Crippen molar-refractivity contribution in [2.45, 2.75) is 37.8 Å². The molecule has 2 fully saturated rings. The molecular weight excluding hydrogens is 352 g/mol. The van der Waals surface area contributed by atoms with Gasteiger partial charge in [0.25, 0.3) is 5.91 Å². The lowest BCUT2D eigenvalue weighted by atomic mass is 9.95. The highest BCUT2D eigenvalue weighted by atomic mass is 16.3. The van der Waals surface area contributed by atoms with Gasteiger partial charge in [-0.2, -0.15) is 0 Å². The molecule has 2 aromatic carbocycles. The lowest BCUT2D eigenvalue weighted by Gasteiger charge is -2.25. The van der Waals surface area contributed by atoms with Crippen molar-refractivity contribution in [2.75, 3.05) is 6.61 Å². The van der Waals surface area contributed by atoms with Crippen LogP contribution in [-0.4, -0.2) is 35.6 Å². The van der Waals surface area contributed by atoms with E-state index in [0.29, 0.717) is 11.5 Å². The summed E-state index contributed by atoms with van der Waals surface area (Å²) >= 11 is 0. The summed E-state index contributed by atoms with van der Waals surface area (Å²) in [5.41, 5.74) is 2.56. The Hall–Kier alpha value is -2.66. The molecule has 5 nitrogen and oxygen atoms in total. The summed E-state index contributed by atoms with van der Waals surface area (Å²) in [4.78, 5) is 25.1. The van der Waals surface area contributed by atoms with Crippen LogP contribution >= 0.6 is 0 Å². The lowest BCUT2D eigenvalue weighted by molar-refractivity contribution is -0.124. The van der Waals surface area contributed by atoms with Gasteiger partial charge in [-0.3, -0.25) is 9.59 Å². The number of carbonyl (C=O) groups excluding carboxylic acids is 2. The minimum absolute atomic E-state index is 0.183. The number of aliphatic hydroxyl groups excluding tert-OH is 1. The molecule has 3 N–H and O–H groups in total. The number of hydrogen-bond acceptors (Lipinski definition) is 3. The van der Waals surface area contributed by atoms with E-state index < -0.39 is 12.6 Å². The molecule has 0 radical (unpaired) electrons. The molecule has 146 valence electrons. The number of rotatable bonds is 6. The van der Waals surface area contributed by atoms with Gasteiger partial charge in [0.1, 0.15) is 6.04 Å². The number of aliphatic hydroxyl groups is 1. The van der Waals surface area contributed by atoms with E-state index in [1.807, 2.05) is 42.5 Å². The lowest BCUT2D eigenvalue weighted by Crippen LogP contribution is -2.52. The third-order valence-corrected chi connectivity index (χ3v) is 6.12. The molecule has 4 rings (SSSR count). The monoisotopic (exact) mass is 378 g/mol. The Labute approximate surface area is 165 Å². The Morgan fingerprint density at radius 1 is 0.964 bits per heavy atom. The number of amides is 2. The SMILES string of the molecule is O=C(NC(CO)C(=O)NC1CC2CCC1C2)c1ccc(-c2ccccc2)cc1. The highest BCUT2D eigenvalue weighted by Gasteiger charge is 2.40. The van der Waals surface area contributed by atoms with E-state index in [-0.39, 0.29) is 17.9 Å². The van der Waals surface area contributed by atoms with Crippen molar-refractivity contribution in [3.05, 3.63) is 60.2 Å². The van der Waals surface area contributed by atoms with Crippen LogP contribution in [0.1, 0.15) is 36.0 Å². The third kappa shape index (κ3) is 3.94. The van der Waals surface area contributed by atoms with Crippen molar-refractivity contribution in [3.8, 4) is 11.1 Å². The van der Waals surface area contributed by atoms with Gasteiger partial charge in [-0.1, -0.05) is 48.9 Å². The molecule has 2 bridgehead atoms. The van der Waals surface area contributed by atoms with Crippen LogP contribution < -0.4 is 10.6 Å². The number of nitrogens with one attached hydrogen (secondary N) is 2. The summed E-state index contributed by atoms with van der Waals surface area (Å²) in [6.45, 7) is -0.416. The molecule has 2 aliphatic rings. The normalized spacial score (nSPS) is 24.0. The number of fused-ring (bicyclic) bond motifs is 2. The minimum Gasteiger partial charge on any atom is -0.394 e. The Morgan fingerprint density at radius 2 is 1.68 bits per heavy atom. The van der Waals surface area contributed by atoms with Crippen LogP contribution in [0.2, 0.25) is 0 Å². The van der Waals surface area contributed by atoms with E-state index in [4.69, 9.17) is 0 Å². The summed E-state index contributed by atoms with van der Waals surface area (Å²) in [6, 6.07) is 16.4. The van der Waals surface area contributed by atoms with Crippen molar-refractivity contribution >= 4 is 11.8 Å². The average Bonchev–Trinajstić information content (AvgIpc) is 3.35. The zero-order valence-corrected chi connectivity index (χ0v) is 15.8. The molecule has 4 atom stereocenters. The summed E-state index contributed by atoms with van der Waals surface area (Å²) in [5, 5.41) is 15.3. The van der Waals surface area contributed by atoms with Gasteiger partial charge < -0.3 is 15.7 Å². The van der Waals surface area contributed by atoms with Gasteiger partial charge in [-0.15, -0.1) is 0 Å². The predicted molar refractivity (Wildman–Crippen MR) is 108 cm³/mol. The van der Waals surface area contributed by atoms with Crippen molar-refractivity contribution in [1.82, 2.24) is 10.6 Å². The minimum atomic E-state index is -0.930. The fourth-order valence-electron chi connectivity index (χ4n) is 4.59. The van der Waals surface area contributed by atoms with Crippen LogP contribution in [0.3, 0.4) is 0 Å². The van der Waals surface area contributed by atoms with Gasteiger partial charge in [0.2, 0.25) is 5.91 Å². The summed E-state index contributed by atoms with van der Waals surface area (Å²) < 4.78 is 0. The van der Waals surface area contributed by atoms with E-state index in [1.165, 1.54) is 19.3 Å². The van der Waals surface area contributed by atoms with E-state index in [2.05, 4.69) is 10.6 Å². The second-order valence-electron chi connectivity index (χ2n) is 7.94. The van der Waals surface area contributed by atoms with E-state index in [9.17, 15) is 14.7 Å². The van der Waals surface area contributed by atoms with Crippen LogP contribution in [0.25, 0.3) is 11.1 Å². The van der Waals surface area contributed by atoms with E-state index in [0.717, 1.165) is 23.5 Å². The predicted octanol–water partition coefficient (Wildman–Crippen LogP) is 2.75. The quantitative estimate of drug-likeness (QED) is 0.723. The maximum absolute atomic E-state index is 12.5. The average molecular weight is 378 g/mol. The molecule has 2 aliphatic carbocycles.